The highest BCUT2D eigenvalue weighted by atomic mass is 32.1. The average Bonchev–Trinajstić information content (AvgIpc) is 1.68. The van der Waals surface area contributed by atoms with Gasteiger partial charge in [-0.05, 0) is 6.42 Å². The largest absolute Gasteiger partial charge is 0.290 e. The van der Waals surface area contributed by atoms with E-state index in [0.717, 1.165) is 0 Å². The van der Waals surface area contributed by atoms with Gasteiger partial charge in [-0.1, -0.05) is 6.08 Å². The third-order valence-corrected chi connectivity index (χ3v) is 0.842. The summed E-state index contributed by atoms with van der Waals surface area (Å²) in [5, 5.41) is -0.280. The molecule has 0 aliphatic heterocycles. The van der Waals surface area contributed by atoms with Crippen LogP contribution in [0.25, 0.3) is 0 Å². The van der Waals surface area contributed by atoms with Crippen LogP contribution in [0.1, 0.15) is 6.42 Å². The lowest BCUT2D eigenvalue weighted by atomic mass is 10.3. The highest BCUT2D eigenvalue weighted by molar-refractivity contribution is 7.81. The molecule has 0 aromatic rings. The van der Waals surface area contributed by atoms with Crippen LogP contribution in [0.5, 0.6) is 0 Å². The molecule has 1 atom stereocenters. The minimum Gasteiger partial charge on any atom is -0.290 e. The Labute approximate surface area is 48.8 Å². The van der Waals surface area contributed by atoms with Gasteiger partial charge in [0.05, 0.1) is 5.25 Å². The van der Waals surface area contributed by atoms with Gasteiger partial charge in [-0.2, -0.15) is 12.6 Å². The average molecular weight is 115 g/mol. The summed E-state index contributed by atoms with van der Waals surface area (Å²) in [5.74, 6) is 0. The standard InChI is InChI=1S/C5H7OS/c1-2-3-5(7)4-6/h2,5,7H,1,3H2. The lowest BCUT2D eigenvalue weighted by molar-refractivity contribution is 0.553. The maximum atomic E-state index is 9.65. The van der Waals surface area contributed by atoms with E-state index in [0.29, 0.717) is 6.42 Å². The van der Waals surface area contributed by atoms with Crippen molar-refractivity contribution in [1.82, 2.24) is 0 Å². The summed E-state index contributed by atoms with van der Waals surface area (Å²) in [6.45, 7) is 3.42. The quantitative estimate of drug-likeness (QED) is 0.428. The predicted molar refractivity (Wildman–Crippen MR) is 33.3 cm³/mol. The van der Waals surface area contributed by atoms with Gasteiger partial charge in [0.2, 0.25) is 6.29 Å². The van der Waals surface area contributed by atoms with Gasteiger partial charge in [0.25, 0.3) is 0 Å². The summed E-state index contributed by atoms with van der Waals surface area (Å²) in [7, 11) is 0. The van der Waals surface area contributed by atoms with Crippen LogP contribution in [0.15, 0.2) is 12.7 Å². The van der Waals surface area contributed by atoms with Crippen LogP contribution in [-0.4, -0.2) is 11.5 Å². The summed E-state index contributed by atoms with van der Waals surface area (Å²) < 4.78 is 0. The molecule has 1 radical (unpaired) electrons. The molecule has 0 fully saturated rings. The second-order valence-corrected chi connectivity index (χ2v) is 1.78. The Morgan fingerprint density at radius 2 is 2.57 bits per heavy atom. The zero-order valence-electron chi connectivity index (χ0n) is 3.92. The monoisotopic (exact) mass is 115 g/mol. The molecule has 0 N–H and O–H groups in total. The fourth-order valence-corrected chi connectivity index (χ4v) is 0.355. The van der Waals surface area contributed by atoms with E-state index in [1.807, 2.05) is 0 Å². The van der Waals surface area contributed by atoms with Crippen molar-refractivity contribution in [2.24, 2.45) is 0 Å². The molecule has 0 aliphatic carbocycles. The van der Waals surface area contributed by atoms with Crippen LogP contribution < -0.4 is 0 Å². The zero-order valence-corrected chi connectivity index (χ0v) is 4.82. The number of rotatable bonds is 3. The number of hydrogen-bond acceptors (Lipinski definition) is 2. The third-order valence-electron chi connectivity index (χ3n) is 0.526. The first-order valence-electron chi connectivity index (χ1n) is 1.98. The van der Waals surface area contributed by atoms with Crippen molar-refractivity contribution in [3.05, 3.63) is 12.7 Å². The summed E-state index contributed by atoms with van der Waals surface area (Å²) >= 11 is 3.82. The molecule has 0 aromatic heterocycles. The topological polar surface area (TPSA) is 17.1 Å². The normalized spacial score (nSPS) is 12.7. The van der Waals surface area contributed by atoms with Crippen LogP contribution in [0, 0.1) is 0 Å². The van der Waals surface area contributed by atoms with Crippen LogP contribution in [0.3, 0.4) is 0 Å². The first-order chi connectivity index (χ1) is 3.31. The number of hydrogen-bond donors (Lipinski definition) is 1. The van der Waals surface area contributed by atoms with E-state index in [9.17, 15) is 4.79 Å². The minimum absolute atomic E-state index is 0.280. The summed E-state index contributed by atoms with van der Waals surface area (Å²) in [5.41, 5.74) is 0. The van der Waals surface area contributed by atoms with Crippen molar-refractivity contribution in [3.63, 3.8) is 0 Å². The summed E-state index contributed by atoms with van der Waals surface area (Å²) in [4.78, 5) is 9.65. The van der Waals surface area contributed by atoms with Crippen LogP contribution in [0.4, 0.5) is 0 Å². The van der Waals surface area contributed by atoms with E-state index in [4.69, 9.17) is 0 Å². The molecule has 1 nitrogen and oxygen atoms in total. The van der Waals surface area contributed by atoms with Crippen molar-refractivity contribution in [2.45, 2.75) is 11.7 Å². The number of thiol groups is 1. The van der Waals surface area contributed by atoms with Gasteiger partial charge in [-0.25, -0.2) is 0 Å². The van der Waals surface area contributed by atoms with Crippen molar-refractivity contribution in [3.8, 4) is 0 Å². The van der Waals surface area contributed by atoms with E-state index >= 15 is 0 Å². The molecule has 0 aromatic carbocycles. The highest BCUT2D eigenvalue weighted by Gasteiger charge is 1.94. The fraction of sp³-hybridized carbons (Fsp3) is 0.400. The van der Waals surface area contributed by atoms with Gasteiger partial charge in [0.15, 0.2) is 0 Å². The van der Waals surface area contributed by atoms with Crippen LogP contribution in [0.2, 0.25) is 0 Å². The Morgan fingerprint density at radius 1 is 2.00 bits per heavy atom. The maximum absolute atomic E-state index is 9.65. The lowest BCUT2D eigenvalue weighted by Crippen LogP contribution is -1.95. The van der Waals surface area contributed by atoms with Gasteiger partial charge in [-0.3, -0.25) is 4.79 Å². The molecule has 0 rings (SSSR count). The summed E-state index contributed by atoms with van der Waals surface area (Å²) in [6.07, 6.45) is 3.95. The first kappa shape index (κ1) is 6.76. The van der Waals surface area contributed by atoms with Gasteiger partial charge in [-0.15, -0.1) is 6.58 Å². The van der Waals surface area contributed by atoms with E-state index < -0.39 is 0 Å². The maximum Gasteiger partial charge on any atom is 0.212 e. The van der Waals surface area contributed by atoms with E-state index in [1.165, 1.54) is 0 Å². The SMILES string of the molecule is C=CCC(S)[C]=O. The Kier molecular flexibility index (Phi) is 3.80. The molecule has 0 bridgehead atoms. The van der Waals surface area contributed by atoms with Gasteiger partial charge >= 0.3 is 0 Å². The Bertz CT molecular complexity index is 70.5. The predicted octanol–water partition coefficient (Wildman–Crippen LogP) is 0.971. The van der Waals surface area contributed by atoms with Crippen molar-refractivity contribution in [2.75, 3.05) is 0 Å². The van der Waals surface area contributed by atoms with Crippen molar-refractivity contribution >= 4 is 18.9 Å². The molecule has 0 amide bonds. The lowest BCUT2D eigenvalue weighted by Gasteiger charge is -1.89. The molecule has 39 valence electrons. The summed E-state index contributed by atoms with van der Waals surface area (Å²) in [6, 6.07) is 0. The van der Waals surface area contributed by atoms with Crippen LogP contribution >= 0.6 is 12.6 Å². The van der Waals surface area contributed by atoms with E-state index in [1.54, 1.807) is 12.4 Å². The Balaban J connectivity index is 3.15. The second kappa shape index (κ2) is 3.93. The zero-order chi connectivity index (χ0) is 5.70. The van der Waals surface area contributed by atoms with E-state index in [-0.39, 0.29) is 5.25 Å². The smallest absolute Gasteiger partial charge is 0.212 e. The van der Waals surface area contributed by atoms with Crippen molar-refractivity contribution < 1.29 is 4.79 Å². The molecule has 0 heterocycles. The van der Waals surface area contributed by atoms with Crippen molar-refractivity contribution in [1.29, 1.82) is 0 Å². The first-order valence-corrected chi connectivity index (χ1v) is 2.49. The molecular weight excluding hydrogens is 108 g/mol. The molecule has 0 saturated carbocycles. The number of allylic oxidation sites excluding steroid dienone is 1. The molecule has 2 heteroatoms. The Morgan fingerprint density at radius 3 is 2.71 bits per heavy atom. The molecular formula is C5H7OS. The van der Waals surface area contributed by atoms with Gasteiger partial charge in [0.1, 0.15) is 0 Å². The molecule has 0 spiro atoms. The fourth-order valence-electron chi connectivity index (χ4n) is 0.206. The van der Waals surface area contributed by atoms with Gasteiger partial charge < -0.3 is 0 Å². The molecule has 1 unspecified atom stereocenters. The molecule has 7 heavy (non-hydrogen) atoms. The highest BCUT2D eigenvalue weighted by Crippen LogP contribution is 1.95. The Hall–Kier alpha value is -0.240. The van der Waals surface area contributed by atoms with Gasteiger partial charge in [0, 0.05) is 0 Å². The third kappa shape index (κ3) is 3.59. The van der Waals surface area contributed by atoms with Crippen LogP contribution in [-0.2, 0) is 4.79 Å². The molecule has 0 saturated heterocycles. The minimum atomic E-state index is -0.280. The number of carbonyl (C=O) groups excluding carboxylic acids is 1. The van der Waals surface area contributed by atoms with E-state index in [2.05, 4.69) is 19.2 Å². The second-order valence-electron chi connectivity index (χ2n) is 1.16. The molecule has 0 aliphatic rings.